The lowest BCUT2D eigenvalue weighted by molar-refractivity contribution is -0.384. The van der Waals surface area contributed by atoms with Crippen molar-refractivity contribution in [2.24, 2.45) is 11.3 Å². The highest BCUT2D eigenvalue weighted by atomic mass is 16.6. The molecule has 3 aliphatic rings. The van der Waals surface area contributed by atoms with Gasteiger partial charge in [0.25, 0.3) is 5.69 Å². The van der Waals surface area contributed by atoms with Crippen LogP contribution in [0.15, 0.2) is 24.3 Å². The van der Waals surface area contributed by atoms with Crippen LogP contribution in [0.3, 0.4) is 0 Å². The first-order chi connectivity index (χ1) is 12.6. The van der Waals surface area contributed by atoms with Crippen molar-refractivity contribution in [1.29, 1.82) is 0 Å². The molecule has 0 atom stereocenters. The van der Waals surface area contributed by atoms with Gasteiger partial charge in [-0.05, 0) is 75.2 Å². The van der Waals surface area contributed by atoms with Crippen LogP contribution in [0.2, 0.25) is 0 Å². The van der Waals surface area contributed by atoms with Gasteiger partial charge in [0.1, 0.15) is 0 Å². The summed E-state index contributed by atoms with van der Waals surface area (Å²) in [6, 6.07) is 7.04. The van der Waals surface area contributed by atoms with E-state index in [-0.39, 0.29) is 10.6 Å². The molecule has 26 heavy (non-hydrogen) atoms. The summed E-state index contributed by atoms with van der Waals surface area (Å²) in [5.74, 6) is 0.881. The number of nitrogens with zero attached hydrogens (tertiary/aromatic N) is 3. The summed E-state index contributed by atoms with van der Waals surface area (Å²) < 4.78 is 0. The van der Waals surface area contributed by atoms with Crippen molar-refractivity contribution in [3.05, 3.63) is 34.4 Å². The molecule has 0 amide bonds. The van der Waals surface area contributed by atoms with Gasteiger partial charge in [-0.3, -0.25) is 10.1 Å². The van der Waals surface area contributed by atoms with E-state index in [4.69, 9.17) is 0 Å². The molecule has 142 valence electrons. The summed E-state index contributed by atoms with van der Waals surface area (Å²) in [5.41, 5.74) is 1.80. The molecule has 6 nitrogen and oxygen atoms in total. The minimum Gasteiger partial charge on any atom is -0.371 e. The molecule has 4 rings (SSSR count). The maximum atomic E-state index is 10.8. The van der Waals surface area contributed by atoms with Crippen LogP contribution in [0.1, 0.15) is 32.1 Å². The van der Waals surface area contributed by atoms with Crippen molar-refractivity contribution in [3.8, 4) is 0 Å². The lowest BCUT2D eigenvalue weighted by Gasteiger charge is -2.40. The first-order valence-corrected chi connectivity index (χ1v) is 10.1. The maximum Gasteiger partial charge on any atom is 0.269 e. The number of piperidine rings is 2. The number of anilines is 1. The fraction of sp³-hybridized carbons (Fsp3) is 0.700. The number of hydrogen-bond acceptors (Lipinski definition) is 5. The van der Waals surface area contributed by atoms with Crippen molar-refractivity contribution in [2.75, 3.05) is 50.7 Å². The molecule has 0 aliphatic carbocycles. The summed E-state index contributed by atoms with van der Waals surface area (Å²) in [7, 11) is 0. The van der Waals surface area contributed by atoms with Crippen LogP contribution >= 0.6 is 0 Å². The number of benzene rings is 1. The van der Waals surface area contributed by atoms with Crippen LogP contribution in [0.25, 0.3) is 0 Å². The zero-order chi connectivity index (χ0) is 18.0. The molecule has 3 saturated heterocycles. The van der Waals surface area contributed by atoms with Crippen LogP contribution in [0.4, 0.5) is 11.4 Å². The number of nitro benzene ring substituents is 1. The Bertz CT molecular complexity index is 619. The molecule has 0 saturated carbocycles. The van der Waals surface area contributed by atoms with Gasteiger partial charge in [0.05, 0.1) is 4.92 Å². The second-order valence-electron chi connectivity index (χ2n) is 8.44. The highest BCUT2D eigenvalue weighted by Gasteiger charge is 2.40. The zero-order valence-corrected chi connectivity index (χ0v) is 15.5. The average molecular weight is 358 g/mol. The smallest absolute Gasteiger partial charge is 0.269 e. The Morgan fingerprint density at radius 1 is 1.08 bits per heavy atom. The first kappa shape index (κ1) is 17.7. The Kier molecular flexibility index (Phi) is 5.14. The standard InChI is InChI=1S/C20H30N4O2/c25-24(26)19-3-1-18(2-4-19)23-13-8-20(9-14-23)7-12-22(16-20)15-17-5-10-21-11-6-17/h1-4,17,21H,5-16H2. The Hall–Kier alpha value is -1.66. The van der Waals surface area contributed by atoms with Gasteiger partial charge in [-0.2, -0.15) is 0 Å². The summed E-state index contributed by atoms with van der Waals surface area (Å²) in [5, 5.41) is 14.3. The SMILES string of the molecule is O=[N+]([O-])c1ccc(N2CCC3(CCN(CC4CCNCC4)C3)CC2)cc1. The Labute approximate surface area is 155 Å². The monoisotopic (exact) mass is 358 g/mol. The number of non-ortho nitro benzene ring substituents is 1. The Balaban J connectivity index is 1.29. The largest absolute Gasteiger partial charge is 0.371 e. The Morgan fingerprint density at radius 2 is 1.73 bits per heavy atom. The van der Waals surface area contributed by atoms with E-state index in [0.717, 1.165) is 24.7 Å². The van der Waals surface area contributed by atoms with E-state index in [1.807, 2.05) is 12.1 Å². The lowest BCUT2D eigenvalue weighted by atomic mass is 9.77. The van der Waals surface area contributed by atoms with Gasteiger partial charge in [-0.15, -0.1) is 0 Å². The van der Waals surface area contributed by atoms with E-state index < -0.39 is 0 Å². The second kappa shape index (κ2) is 7.53. The molecule has 1 N–H and O–H groups in total. The molecule has 1 spiro atoms. The molecule has 6 heteroatoms. The molecular formula is C20H30N4O2. The number of nitrogens with one attached hydrogen (secondary N) is 1. The third kappa shape index (κ3) is 3.86. The molecule has 0 radical (unpaired) electrons. The van der Waals surface area contributed by atoms with E-state index in [1.54, 1.807) is 12.1 Å². The van der Waals surface area contributed by atoms with Crippen molar-refractivity contribution < 1.29 is 4.92 Å². The fourth-order valence-corrected chi connectivity index (χ4v) is 5.05. The number of likely N-dealkylation sites (tertiary alicyclic amines) is 1. The quantitative estimate of drug-likeness (QED) is 0.662. The highest BCUT2D eigenvalue weighted by Crippen LogP contribution is 2.41. The molecule has 3 fully saturated rings. The van der Waals surface area contributed by atoms with E-state index >= 15 is 0 Å². The highest BCUT2D eigenvalue weighted by molar-refractivity contribution is 5.51. The van der Waals surface area contributed by atoms with Crippen LogP contribution in [0, 0.1) is 21.4 Å². The molecule has 1 aromatic rings. The summed E-state index contributed by atoms with van der Waals surface area (Å²) in [6.07, 6.45) is 6.49. The lowest BCUT2D eigenvalue weighted by Crippen LogP contribution is -2.42. The predicted octanol–water partition coefficient (Wildman–Crippen LogP) is 2.89. The van der Waals surface area contributed by atoms with Gasteiger partial charge in [-0.1, -0.05) is 0 Å². The van der Waals surface area contributed by atoms with Crippen molar-refractivity contribution in [2.45, 2.75) is 32.1 Å². The van der Waals surface area contributed by atoms with Crippen LogP contribution in [0.5, 0.6) is 0 Å². The minimum absolute atomic E-state index is 0.173. The van der Waals surface area contributed by atoms with Crippen molar-refractivity contribution in [3.63, 3.8) is 0 Å². The van der Waals surface area contributed by atoms with Crippen LogP contribution < -0.4 is 10.2 Å². The number of hydrogen-bond donors (Lipinski definition) is 1. The predicted molar refractivity (Wildman–Crippen MR) is 104 cm³/mol. The molecule has 1 aromatic carbocycles. The average Bonchev–Trinajstić information content (AvgIpc) is 3.05. The molecule has 0 bridgehead atoms. The third-order valence-corrected chi connectivity index (χ3v) is 6.74. The normalized spacial score (nSPS) is 24.2. The zero-order valence-electron chi connectivity index (χ0n) is 15.5. The topological polar surface area (TPSA) is 61.7 Å². The second-order valence-corrected chi connectivity index (χ2v) is 8.44. The summed E-state index contributed by atoms with van der Waals surface area (Å²) in [4.78, 5) is 15.6. The van der Waals surface area contributed by atoms with Gasteiger partial charge < -0.3 is 15.1 Å². The van der Waals surface area contributed by atoms with Crippen LogP contribution in [-0.4, -0.2) is 55.6 Å². The van der Waals surface area contributed by atoms with Gasteiger partial charge >= 0.3 is 0 Å². The first-order valence-electron chi connectivity index (χ1n) is 10.1. The third-order valence-electron chi connectivity index (χ3n) is 6.74. The molecule has 3 aliphatic heterocycles. The van der Waals surface area contributed by atoms with Gasteiger partial charge in [0.15, 0.2) is 0 Å². The molecule has 0 unspecified atom stereocenters. The van der Waals surface area contributed by atoms with Crippen molar-refractivity contribution in [1.82, 2.24) is 10.2 Å². The van der Waals surface area contributed by atoms with E-state index in [9.17, 15) is 10.1 Å². The molecule has 3 heterocycles. The number of nitro groups is 1. The molecule has 0 aromatic heterocycles. The minimum atomic E-state index is -0.329. The maximum absolute atomic E-state index is 10.8. The van der Waals surface area contributed by atoms with E-state index in [2.05, 4.69) is 15.1 Å². The van der Waals surface area contributed by atoms with Gasteiger partial charge in [-0.25, -0.2) is 0 Å². The van der Waals surface area contributed by atoms with Gasteiger partial charge in [0, 0.05) is 44.0 Å². The summed E-state index contributed by atoms with van der Waals surface area (Å²) in [6.45, 7) is 8.34. The van der Waals surface area contributed by atoms with Gasteiger partial charge in [0.2, 0.25) is 0 Å². The molecular weight excluding hydrogens is 328 g/mol. The van der Waals surface area contributed by atoms with Crippen molar-refractivity contribution >= 4 is 11.4 Å². The van der Waals surface area contributed by atoms with E-state index in [1.165, 1.54) is 64.8 Å². The van der Waals surface area contributed by atoms with E-state index in [0.29, 0.717) is 5.41 Å². The summed E-state index contributed by atoms with van der Waals surface area (Å²) >= 11 is 0. The fourth-order valence-electron chi connectivity index (χ4n) is 5.05. The number of rotatable bonds is 4. The Morgan fingerprint density at radius 3 is 2.38 bits per heavy atom. The van der Waals surface area contributed by atoms with Crippen LogP contribution in [-0.2, 0) is 0 Å².